The molecule has 0 N–H and O–H groups in total. The Bertz CT molecular complexity index is 164. The van der Waals surface area contributed by atoms with E-state index in [1.165, 1.54) is 10.0 Å². The Labute approximate surface area is 87.3 Å². The Hall–Kier alpha value is -0.371. The van der Waals surface area contributed by atoms with Crippen LogP contribution < -0.4 is 12.4 Å². The van der Waals surface area contributed by atoms with Gasteiger partial charge in [0.1, 0.15) is 0 Å². The molecule has 0 aromatic carbocycles. The van der Waals surface area contributed by atoms with Crippen LogP contribution >= 0.6 is 0 Å². The second-order valence-electron chi connectivity index (χ2n) is 1.68. The molecule has 0 bridgehead atoms. The number of rotatable bonds is 0. The summed E-state index contributed by atoms with van der Waals surface area (Å²) >= 11 is 3.84. The summed E-state index contributed by atoms with van der Waals surface area (Å²) in [6.45, 7) is 11.1. The summed E-state index contributed by atoms with van der Waals surface area (Å²) in [5, 5.41) is 0. The van der Waals surface area contributed by atoms with Crippen molar-refractivity contribution in [2.75, 3.05) is 0 Å². The van der Waals surface area contributed by atoms with Gasteiger partial charge < -0.3 is 12.4 Å². The van der Waals surface area contributed by atoms with Gasteiger partial charge in [0.15, 0.2) is 0 Å². The third-order valence-electron chi connectivity index (χ3n) is 1.08. The Morgan fingerprint density at radius 1 is 1.33 bits per heavy atom. The molecule has 0 aromatic rings. The number of hydrogen-bond donors (Lipinski definition) is 0. The zero-order valence-corrected chi connectivity index (χ0v) is 8.27. The molecule has 66 valence electrons. The van der Waals surface area contributed by atoms with E-state index < -0.39 is 0 Å². The Morgan fingerprint density at radius 3 is 1.83 bits per heavy atom. The van der Waals surface area contributed by atoms with Crippen molar-refractivity contribution in [1.82, 2.24) is 0 Å². The van der Waals surface area contributed by atoms with E-state index in [0.29, 0.717) is 0 Å². The van der Waals surface area contributed by atoms with Crippen molar-refractivity contribution in [3.05, 3.63) is 22.2 Å². The average molecular weight is 226 g/mol. The van der Waals surface area contributed by atoms with E-state index in [1.807, 2.05) is 0 Å². The molecule has 1 aliphatic carbocycles. The first-order chi connectivity index (χ1) is 5.30. The van der Waals surface area contributed by atoms with Crippen LogP contribution in [0.15, 0.2) is 22.2 Å². The molecule has 0 saturated heterocycles. The monoisotopic (exact) mass is 226 g/mol. The van der Waals surface area contributed by atoms with Crippen LogP contribution in [-0.2, 0) is 25.6 Å². The fourth-order valence-electron chi connectivity index (χ4n) is 0.586. The van der Waals surface area contributed by atoms with E-state index in [4.69, 9.17) is 9.59 Å². The molecule has 2 nitrogen and oxygen atoms in total. The summed E-state index contributed by atoms with van der Waals surface area (Å²) in [7, 11) is 0. The van der Waals surface area contributed by atoms with Gasteiger partial charge in [-0.25, -0.2) is 0 Å². The molecule has 0 amide bonds. The maximum absolute atomic E-state index is 7.50. The SMILES string of the molecule is CC1=[C]([Fe+])CC=C1.[C]=O.[C]=O.[Cl-]. The van der Waals surface area contributed by atoms with Gasteiger partial charge in [-0.1, -0.05) is 0 Å². The zero-order chi connectivity index (χ0) is 9.28. The number of carbonyl (C=O) groups excluding carboxylic acids is 2. The maximum Gasteiger partial charge on any atom is 0.281 e. The number of allylic oxidation sites excluding steroid dienone is 4. The van der Waals surface area contributed by atoms with E-state index in [2.05, 4.69) is 48.7 Å². The summed E-state index contributed by atoms with van der Waals surface area (Å²) in [6.07, 6.45) is 5.31. The van der Waals surface area contributed by atoms with E-state index >= 15 is 0 Å². The molecule has 0 atom stereocenters. The first-order valence-electron chi connectivity index (χ1n) is 2.72. The van der Waals surface area contributed by atoms with Crippen molar-refractivity contribution in [2.24, 2.45) is 0 Å². The molecule has 0 aromatic heterocycles. The van der Waals surface area contributed by atoms with E-state index in [9.17, 15) is 0 Å². The summed E-state index contributed by atoms with van der Waals surface area (Å²) in [6, 6.07) is 0. The Kier molecular flexibility index (Phi) is 19.5. The van der Waals surface area contributed by atoms with Crippen LogP contribution in [0.25, 0.3) is 0 Å². The van der Waals surface area contributed by atoms with Gasteiger partial charge in [0.25, 0.3) is 13.6 Å². The molecule has 0 fully saturated rings. The molecule has 0 saturated carbocycles. The fourth-order valence-corrected chi connectivity index (χ4v) is 0.808. The van der Waals surface area contributed by atoms with Gasteiger partial charge in [-0.3, -0.25) is 9.59 Å². The van der Waals surface area contributed by atoms with Crippen molar-refractivity contribution in [3.63, 3.8) is 0 Å². The summed E-state index contributed by atoms with van der Waals surface area (Å²) in [4.78, 5) is 15.0. The summed E-state index contributed by atoms with van der Waals surface area (Å²) < 4.78 is 1.26. The minimum atomic E-state index is 0. The third kappa shape index (κ3) is 7.73. The summed E-state index contributed by atoms with van der Waals surface area (Å²) in [5.74, 6) is 0. The van der Waals surface area contributed by atoms with Gasteiger partial charge in [0.2, 0.25) is 0 Å². The van der Waals surface area contributed by atoms with Crippen LogP contribution in [0.4, 0.5) is 0 Å². The minimum Gasteiger partial charge on any atom is -1.00 e. The second kappa shape index (κ2) is 13.2. The summed E-state index contributed by atoms with van der Waals surface area (Å²) in [5.41, 5.74) is 1.33. The molecule has 12 heavy (non-hydrogen) atoms. The molecule has 0 aliphatic heterocycles. The van der Waals surface area contributed by atoms with Gasteiger partial charge in [-0.05, 0) is 0 Å². The van der Waals surface area contributed by atoms with Crippen LogP contribution in [0, 0.1) is 0 Å². The normalized spacial score (nSPS) is 11.8. The van der Waals surface area contributed by atoms with Crippen LogP contribution in [-0.4, -0.2) is 13.6 Å². The van der Waals surface area contributed by atoms with Gasteiger partial charge in [0.05, 0.1) is 0 Å². The average Bonchev–Trinajstić information content (AvgIpc) is 2.44. The molecule has 4 heteroatoms. The fraction of sp³-hybridized carbons (Fsp3) is 0.250. The molecule has 1 aliphatic rings. The second-order valence-corrected chi connectivity index (χ2v) is 2.35. The first-order valence-corrected chi connectivity index (χ1v) is 3.27. The molecule has 0 unspecified atom stereocenters. The Balaban J connectivity index is -0.000000144. The molecular formula is C8H7ClFeO2. The zero-order valence-electron chi connectivity index (χ0n) is 6.41. The van der Waals surface area contributed by atoms with Crippen LogP contribution in [0.5, 0.6) is 0 Å². The topological polar surface area (TPSA) is 34.1 Å². The largest absolute Gasteiger partial charge is 1.00 e. The van der Waals surface area contributed by atoms with Gasteiger partial charge >= 0.3 is 51.6 Å². The van der Waals surface area contributed by atoms with E-state index in [-0.39, 0.29) is 12.4 Å². The van der Waals surface area contributed by atoms with E-state index in [1.54, 1.807) is 0 Å². The quantitative estimate of drug-likeness (QED) is 0.447. The number of hydrogen-bond acceptors (Lipinski definition) is 2. The van der Waals surface area contributed by atoms with Crippen LogP contribution in [0.3, 0.4) is 0 Å². The number of halogens is 1. The van der Waals surface area contributed by atoms with E-state index in [0.717, 1.165) is 6.42 Å². The van der Waals surface area contributed by atoms with Crippen molar-refractivity contribution < 1.29 is 38.0 Å². The van der Waals surface area contributed by atoms with Crippen molar-refractivity contribution >= 4 is 13.6 Å². The minimum absolute atomic E-state index is 0. The van der Waals surface area contributed by atoms with Gasteiger partial charge in [0, 0.05) is 0 Å². The molecule has 0 heterocycles. The van der Waals surface area contributed by atoms with Crippen molar-refractivity contribution in [2.45, 2.75) is 13.3 Å². The molecule has 4 radical (unpaired) electrons. The predicted octanol–water partition coefficient (Wildman–Crippen LogP) is -2.02. The molecular weight excluding hydrogens is 219 g/mol. The van der Waals surface area contributed by atoms with Gasteiger partial charge in [-0.2, -0.15) is 0 Å². The standard InChI is InChI=1S/C6H7.2CO.ClH.Fe/c1-6-4-2-3-5-6;2*1-2;;/h2,4H,3H2,1H3;;;1H;/q;;;;+1/p-1. The predicted molar refractivity (Wildman–Crippen MR) is 37.8 cm³/mol. The third-order valence-corrected chi connectivity index (χ3v) is 1.74. The smallest absolute Gasteiger partial charge is 0.281 e. The maximum atomic E-state index is 7.50. The Morgan fingerprint density at radius 2 is 1.75 bits per heavy atom. The van der Waals surface area contributed by atoms with Crippen LogP contribution in [0.2, 0.25) is 0 Å². The molecule has 1 rings (SSSR count). The van der Waals surface area contributed by atoms with Crippen molar-refractivity contribution in [3.8, 4) is 0 Å². The first kappa shape index (κ1) is 17.6. The molecule has 0 spiro atoms. The van der Waals surface area contributed by atoms with Gasteiger partial charge in [-0.15, -0.1) is 0 Å². The van der Waals surface area contributed by atoms with Crippen LogP contribution in [0.1, 0.15) is 13.3 Å². The van der Waals surface area contributed by atoms with Crippen molar-refractivity contribution in [1.29, 1.82) is 0 Å².